The zero-order valence-corrected chi connectivity index (χ0v) is 12.3. The van der Waals surface area contributed by atoms with Crippen molar-refractivity contribution in [3.8, 4) is 0 Å². The Morgan fingerprint density at radius 3 is 3.05 bits per heavy atom. The van der Waals surface area contributed by atoms with Gasteiger partial charge in [0.1, 0.15) is 17.0 Å². The minimum atomic E-state index is 0.260. The van der Waals surface area contributed by atoms with Crippen molar-refractivity contribution in [2.45, 2.75) is 32.7 Å². The van der Waals surface area contributed by atoms with Crippen LogP contribution < -0.4 is 10.6 Å². The Kier molecular flexibility index (Phi) is 3.41. The molecule has 0 spiro atoms. The number of nitrogens with two attached hydrogens (primary N) is 1. The molecule has 5 heteroatoms. The second kappa shape index (κ2) is 5.06. The molecule has 0 bridgehead atoms. The Hall–Kier alpha value is -1.20. The lowest BCUT2D eigenvalue weighted by Gasteiger charge is -2.19. The summed E-state index contributed by atoms with van der Waals surface area (Å²) in [6.45, 7) is 6.35. The van der Waals surface area contributed by atoms with E-state index >= 15 is 0 Å². The number of nitrogens with zero attached hydrogens (tertiary/aromatic N) is 3. The summed E-state index contributed by atoms with van der Waals surface area (Å²) in [5, 5.41) is 1.20. The molecule has 1 aliphatic heterocycles. The molecule has 19 heavy (non-hydrogen) atoms. The van der Waals surface area contributed by atoms with Crippen molar-refractivity contribution in [1.29, 1.82) is 0 Å². The van der Waals surface area contributed by atoms with Crippen LogP contribution in [0.15, 0.2) is 12.4 Å². The summed E-state index contributed by atoms with van der Waals surface area (Å²) in [6.07, 6.45) is 3.91. The van der Waals surface area contributed by atoms with Crippen molar-refractivity contribution in [1.82, 2.24) is 9.97 Å². The highest BCUT2D eigenvalue weighted by molar-refractivity contribution is 7.18. The normalized spacial score (nSPS) is 21.2. The van der Waals surface area contributed by atoms with E-state index in [1.54, 1.807) is 17.7 Å². The van der Waals surface area contributed by atoms with Gasteiger partial charge in [0.2, 0.25) is 0 Å². The Morgan fingerprint density at radius 2 is 2.37 bits per heavy atom. The van der Waals surface area contributed by atoms with Gasteiger partial charge >= 0.3 is 0 Å². The maximum atomic E-state index is 6.02. The minimum Gasteiger partial charge on any atom is -0.356 e. The summed E-state index contributed by atoms with van der Waals surface area (Å²) in [6, 6.07) is 2.50. The number of hydrogen-bond donors (Lipinski definition) is 1. The van der Waals surface area contributed by atoms with Gasteiger partial charge in [-0.15, -0.1) is 11.3 Å². The van der Waals surface area contributed by atoms with E-state index < -0.39 is 0 Å². The molecule has 4 nitrogen and oxygen atoms in total. The molecular weight excluding hydrogens is 256 g/mol. The monoisotopic (exact) mass is 276 g/mol. The Balaban J connectivity index is 1.95. The van der Waals surface area contributed by atoms with E-state index in [1.165, 1.54) is 10.3 Å². The summed E-state index contributed by atoms with van der Waals surface area (Å²) >= 11 is 1.77. The van der Waals surface area contributed by atoms with Gasteiger partial charge < -0.3 is 10.6 Å². The van der Waals surface area contributed by atoms with Gasteiger partial charge in [0.25, 0.3) is 0 Å². The number of aromatic nitrogens is 2. The standard InChI is InChI=1S/C14H20N4S/c1-3-11-6-12-13(16-8-17-14(12)19-11)18-5-4-10(7-18)9(2)15/h6,8-10H,3-5,7,15H2,1-2H3. The van der Waals surface area contributed by atoms with Crippen LogP contribution in [0.25, 0.3) is 10.2 Å². The first-order chi connectivity index (χ1) is 9.19. The lowest BCUT2D eigenvalue weighted by molar-refractivity contribution is 0.488. The van der Waals surface area contributed by atoms with Crippen LogP contribution in [0.2, 0.25) is 0 Å². The van der Waals surface area contributed by atoms with Gasteiger partial charge in [-0.1, -0.05) is 6.92 Å². The highest BCUT2D eigenvalue weighted by atomic mass is 32.1. The molecule has 2 unspecified atom stereocenters. The predicted octanol–water partition coefficient (Wildman–Crippen LogP) is 2.43. The molecule has 2 aromatic rings. The van der Waals surface area contributed by atoms with E-state index in [2.05, 4.69) is 34.8 Å². The first-order valence-corrected chi connectivity index (χ1v) is 7.74. The maximum Gasteiger partial charge on any atom is 0.140 e. The number of fused-ring (bicyclic) bond motifs is 1. The summed E-state index contributed by atoms with van der Waals surface area (Å²) in [5.41, 5.74) is 6.02. The SMILES string of the molecule is CCc1cc2c(N3CCC(C(C)N)C3)ncnc2s1. The largest absolute Gasteiger partial charge is 0.356 e. The fourth-order valence-corrected chi connectivity index (χ4v) is 3.66. The van der Waals surface area contributed by atoms with E-state index in [0.29, 0.717) is 5.92 Å². The lowest BCUT2D eigenvalue weighted by Crippen LogP contribution is -2.30. The molecule has 0 radical (unpaired) electrons. The Labute approximate surface area is 117 Å². The average Bonchev–Trinajstić information content (AvgIpc) is 3.04. The lowest BCUT2D eigenvalue weighted by atomic mass is 10.0. The summed E-state index contributed by atoms with van der Waals surface area (Å²) < 4.78 is 0. The van der Waals surface area contributed by atoms with Gasteiger partial charge in [-0.25, -0.2) is 9.97 Å². The van der Waals surface area contributed by atoms with Crippen LogP contribution >= 0.6 is 11.3 Å². The van der Waals surface area contributed by atoms with Crippen molar-refractivity contribution >= 4 is 27.4 Å². The fraction of sp³-hybridized carbons (Fsp3) is 0.571. The van der Waals surface area contributed by atoms with Crippen molar-refractivity contribution in [3.63, 3.8) is 0 Å². The van der Waals surface area contributed by atoms with Gasteiger partial charge in [0.05, 0.1) is 5.39 Å². The van der Waals surface area contributed by atoms with Crippen LogP contribution in [0.3, 0.4) is 0 Å². The molecule has 0 amide bonds. The van der Waals surface area contributed by atoms with Crippen molar-refractivity contribution < 1.29 is 0 Å². The van der Waals surface area contributed by atoms with Crippen LogP contribution in [0, 0.1) is 5.92 Å². The smallest absolute Gasteiger partial charge is 0.140 e. The number of thiophene rings is 1. The van der Waals surface area contributed by atoms with E-state index in [1.807, 2.05) is 0 Å². The quantitative estimate of drug-likeness (QED) is 0.935. The van der Waals surface area contributed by atoms with Gasteiger partial charge in [0.15, 0.2) is 0 Å². The fourth-order valence-electron chi connectivity index (χ4n) is 2.73. The zero-order chi connectivity index (χ0) is 13.4. The van der Waals surface area contributed by atoms with E-state index in [4.69, 9.17) is 5.73 Å². The van der Waals surface area contributed by atoms with Crippen LogP contribution in [-0.2, 0) is 6.42 Å². The van der Waals surface area contributed by atoms with Crippen LogP contribution in [0.5, 0.6) is 0 Å². The number of hydrogen-bond acceptors (Lipinski definition) is 5. The van der Waals surface area contributed by atoms with Gasteiger partial charge in [0, 0.05) is 24.0 Å². The van der Waals surface area contributed by atoms with Gasteiger partial charge in [-0.05, 0) is 31.7 Å². The topological polar surface area (TPSA) is 55.0 Å². The van der Waals surface area contributed by atoms with Crippen molar-refractivity contribution in [3.05, 3.63) is 17.3 Å². The third-order valence-electron chi connectivity index (χ3n) is 3.98. The van der Waals surface area contributed by atoms with E-state index in [0.717, 1.165) is 36.6 Å². The Morgan fingerprint density at radius 1 is 1.53 bits per heavy atom. The molecule has 102 valence electrons. The molecule has 3 heterocycles. The van der Waals surface area contributed by atoms with Crippen LogP contribution in [-0.4, -0.2) is 29.1 Å². The highest BCUT2D eigenvalue weighted by Gasteiger charge is 2.27. The molecule has 1 aliphatic rings. The van der Waals surface area contributed by atoms with Crippen molar-refractivity contribution in [2.24, 2.45) is 11.7 Å². The second-order valence-electron chi connectivity index (χ2n) is 5.34. The third kappa shape index (κ3) is 2.32. The van der Waals surface area contributed by atoms with E-state index in [-0.39, 0.29) is 6.04 Å². The van der Waals surface area contributed by atoms with Gasteiger partial charge in [-0.2, -0.15) is 0 Å². The molecule has 2 N–H and O–H groups in total. The Bertz CT molecular complexity index is 578. The summed E-state index contributed by atoms with van der Waals surface area (Å²) in [5.74, 6) is 1.67. The number of rotatable bonds is 3. The maximum absolute atomic E-state index is 6.02. The summed E-state index contributed by atoms with van der Waals surface area (Å²) in [7, 11) is 0. The van der Waals surface area contributed by atoms with Gasteiger partial charge in [-0.3, -0.25) is 0 Å². The molecule has 0 saturated carbocycles. The molecule has 0 aliphatic carbocycles. The minimum absolute atomic E-state index is 0.260. The van der Waals surface area contributed by atoms with Crippen molar-refractivity contribution in [2.75, 3.05) is 18.0 Å². The van der Waals surface area contributed by atoms with E-state index in [9.17, 15) is 0 Å². The zero-order valence-electron chi connectivity index (χ0n) is 11.5. The molecule has 1 saturated heterocycles. The molecular formula is C14H20N4S. The van der Waals surface area contributed by atoms with Crippen LogP contribution in [0.1, 0.15) is 25.1 Å². The molecule has 0 aromatic carbocycles. The first kappa shape index (κ1) is 12.8. The second-order valence-corrected chi connectivity index (χ2v) is 6.45. The van der Waals surface area contributed by atoms with Crippen LogP contribution in [0.4, 0.5) is 5.82 Å². The molecule has 1 fully saturated rings. The number of aryl methyl sites for hydroxylation is 1. The average molecular weight is 276 g/mol. The molecule has 2 aromatic heterocycles. The number of anilines is 1. The first-order valence-electron chi connectivity index (χ1n) is 6.93. The molecule has 2 atom stereocenters. The third-order valence-corrected chi connectivity index (χ3v) is 5.16. The highest BCUT2D eigenvalue weighted by Crippen LogP contribution is 2.33. The predicted molar refractivity (Wildman–Crippen MR) is 80.8 cm³/mol. The summed E-state index contributed by atoms with van der Waals surface area (Å²) in [4.78, 5) is 13.7. The molecule has 3 rings (SSSR count).